The van der Waals surface area contributed by atoms with Crippen molar-refractivity contribution < 1.29 is 0 Å². The summed E-state index contributed by atoms with van der Waals surface area (Å²) in [4.78, 5) is 18.6. The molecule has 2 aromatic rings. The highest BCUT2D eigenvalue weighted by molar-refractivity contribution is 8.00. The van der Waals surface area contributed by atoms with Crippen LogP contribution < -0.4 is 5.56 Å². The summed E-state index contributed by atoms with van der Waals surface area (Å²) < 4.78 is 1.79. The summed E-state index contributed by atoms with van der Waals surface area (Å²) in [5.41, 5.74) is 3.16. The first kappa shape index (κ1) is 15.7. The average molecular weight is 332 g/mol. The molecule has 1 aromatic heterocycles. The van der Waals surface area contributed by atoms with Gasteiger partial charge < -0.3 is 0 Å². The van der Waals surface area contributed by atoms with Crippen LogP contribution in [0, 0.1) is 6.92 Å². The van der Waals surface area contributed by atoms with Crippen molar-refractivity contribution in [2.45, 2.75) is 48.9 Å². The molecule has 22 heavy (non-hydrogen) atoms. The molecule has 0 spiro atoms. The molecular formula is C17H20N2OS2. The van der Waals surface area contributed by atoms with E-state index in [4.69, 9.17) is 4.98 Å². The van der Waals surface area contributed by atoms with Crippen molar-refractivity contribution in [3.8, 4) is 5.69 Å². The van der Waals surface area contributed by atoms with Crippen LogP contribution in [0.2, 0.25) is 0 Å². The molecule has 0 fully saturated rings. The minimum atomic E-state index is 0.0853. The van der Waals surface area contributed by atoms with E-state index in [1.807, 2.05) is 24.3 Å². The predicted molar refractivity (Wildman–Crippen MR) is 94.6 cm³/mol. The van der Waals surface area contributed by atoms with Crippen molar-refractivity contribution in [1.82, 2.24) is 9.55 Å². The first-order valence-corrected chi connectivity index (χ1v) is 9.49. The standard InChI is InChI=1S/C17H20N2OS2/c1-4-12(3)22-17-18-14-9-10-21-15(14)16(20)19(17)13-7-5-11(2)6-8-13/h5-8,12H,4,9-10H2,1-3H3/t12-/m1/s1. The zero-order valence-electron chi connectivity index (χ0n) is 13.1. The van der Waals surface area contributed by atoms with Crippen molar-refractivity contribution in [2.75, 3.05) is 5.75 Å². The smallest absolute Gasteiger partial charge is 0.268 e. The summed E-state index contributed by atoms with van der Waals surface area (Å²) in [5.74, 6) is 0.961. The molecule has 0 aliphatic carbocycles. The van der Waals surface area contributed by atoms with Crippen LogP contribution in [0.3, 0.4) is 0 Å². The Morgan fingerprint density at radius 3 is 2.77 bits per heavy atom. The van der Waals surface area contributed by atoms with E-state index in [0.29, 0.717) is 5.25 Å². The van der Waals surface area contributed by atoms with Gasteiger partial charge in [0.1, 0.15) is 0 Å². The van der Waals surface area contributed by atoms with Crippen LogP contribution in [0.1, 0.15) is 31.5 Å². The molecule has 0 saturated carbocycles. The van der Waals surface area contributed by atoms with Crippen LogP contribution in [0.5, 0.6) is 0 Å². The minimum absolute atomic E-state index is 0.0853. The number of benzene rings is 1. The molecule has 0 bridgehead atoms. The quantitative estimate of drug-likeness (QED) is 0.624. The van der Waals surface area contributed by atoms with Gasteiger partial charge in [-0.1, -0.05) is 43.3 Å². The van der Waals surface area contributed by atoms with E-state index in [1.165, 1.54) is 5.56 Å². The van der Waals surface area contributed by atoms with Crippen LogP contribution in [0.4, 0.5) is 0 Å². The van der Waals surface area contributed by atoms with E-state index < -0.39 is 0 Å². The lowest BCUT2D eigenvalue weighted by Gasteiger charge is -2.16. The highest BCUT2D eigenvalue weighted by Gasteiger charge is 2.23. The Labute approximate surface area is 139 Å². The fourth-order valence-corrected chi connectivity index (χ4v) is 4.37. The predicted octanol–water partition coefficient (Wildman–Crippen LogP) is 4.08. The zero-order chi connectivity index (χ0) is 15.7. The molecule has 3 rings (SSSR count). The number of thioether (sulfide) groups is 2. The SMILES string of the molecule is CC[C@@H](C)Sc1nc2c(c(=O)n1-c1ccc(C)cc1)SCC2. The molecule has 3 nitrogen and oxygen atoms in total. The van der Waals surface area contributed by atoms with Crippen molar-refractivity contribution in [1.29, 1.82) is 0 Å². The van der Waals surface area contributed by atoms with Gasteiger partial charge in [0, 0.05) is 17.4 Å². The number of fused-ring (bicyclic) bond motifs is 1. The van der Waals surface area contributed by atoms with Gasteiger partial charge in [0.25, 0.3) is 5.56 Å². The molecule has 2 heterocycles. The third-order valence-corrected chi connectivity index (χ3v) is 6.17. The fraction of sp³-hybridized carbons (Fsp3) is 0.412. The van der Waals surface area contributed by atoms with E-state index in [0.717, 1.165) is 40.0 Å². The molecular weight excluding hydrogens is 312 g/mol. The van der Waals surface area contributed by atoms with Crippen LogP contribution in [0.15, 0.2) is 39.1 Å². The summed E-state index contributed by atoms with van der Waals surface area (Å²) in [6, 6.07) is 8.09. The molecule has 5 heteroatoms. The molecule has 0 radical (unpaired) electrons. The Morgan fingerprint density at radius 1 is 1.36 bits per heavy atom. The molecule has 0 amide bonds. The van der Waals surface area contributed by atoms with Crippen LogP contribution in [0.25, 0.3) is 5.69 Å². The number of rotatable bonds is 4. The summed E-state index contributed by atoms with van der Waals surface area (Å²) in [6.07, 6.45) is 1.96. The summed E-state index contributed by atoms with van der Waals surface area (Å²) in [7, 11) is 0. The van der Waals surface area contributed by atoms with Crippen molar-refractivity contribution in [3.63, 3.8) is 0 Å². The van der Waals surface area contributed by atoms with Crippen LogP contribution in [-0.2, 0) is 6.42 Å². The number of nitrogens with zero attached hydrogens (tertiary/aromatic N) is 2. The second-order valence-corrected chi connectivity index (χ2v) is 8.09. The summed E-state index contributed by atoms with van der Waals surface area (Å²) in [5, 5.41) is 1.26. The average Bonchev–Trinajstić information content (AvgIpc) is 2.97. The maximum atomic E-state index is 12.9. The van der Waals surface area contributed by atoms with Crippen LogP contribution in [-0.4, -0.2) is 20.6 Å². The Balaban J connectivity index is 2.17. The maximum Gasteiger partial charge on any atom is 0.272 e. The topological polar surface area (TPSA) is 34.9 Å². The Kier molecular flexibility index (Phi) is 4.64. The lowest BCUT2D eigenvalue weighted by molar-refractivity contribution is 0.734. The number of hydrogen-bond donors (Lipinski definition) is 0. The monoisotopic (exact) mass is 332 g/mol. The van der Waals surface area contributed by atoms with Crippen molar-refractivity contribution in [3.05, 3.63) is 45.9 Å². The van der Waals surface area contributed by atoms with Gasteiger partial charge in [0.05, 0.1) is 16.3 Å². The fourth-order valence-electron chi connectivity index (χ4n) is 2.36. The van der Waals surface area contributed by atoms with Gasteiger partial charge in [0.2, 0.25) is 0 Å². The van der Waals surface area contributed by atoms with Gasteiger partial charge in [-0.3, -0.25) is 9.36 Å². The summed E-state index contributed by atoms with van der Waals surface area (Å²) >= 11 is 3.33. The van der Waals surface area contributed by atoms with E-state index in [1.54, 1.807) is 28.1 Å². The van der Waals surface area contributed by atoms with E-state index in [2.05, 4.69) is 20.8 Å². The van der Waals surface area contributed by atoms with Gasteiger partial charge in [-0.2, -0.15) is 0 Å². The first-order valence-electron chi connectivity index (χ1n) is 7.62. The van der Waals surface area contributed by atoms with E-state index in [-0.39, 0.29) is 5.56 Å². The van der Waals surface area contributed by atoms with Gasteiger partial charge in [-0.15, -0.1) is 11.8 Å². The van der Waals surface area contributed by atoms with Crippen LogP contribution >= 0.6 is 23.5 Å². The first-order chi connectivity index (χ1) is 10.6. The van der Waals surface area contributed by atoms with Crippen molar-refractivity contribution in [2.24, 2.45) is 0 Å². The Bertz CT molecular complexity index is 738. The maximum absolute atomic E-state index is 12.9. The molecule has 0 N–H and O–H groups in total. The second kappa shape index (κ2) is 6.50. The summed E-state index contributed by atoms with van der Waals surface area (Å²) in [6.45, 7) is 6.39. The van der Waals surface area contributed by atoms with Gasteiger partial charge in [-0.25, -0.2) is 4.98 Å². The molecule has 1 aliphatic heterocycles. The molecule has 0 saturated heterocycles. The second-order valence-electron chi connectivity index (χ2n) is 5.58. The van der Waals surface area contributed by atoms with Gasteiger partial charge >= 0.3 is 0 Å². The number of hydrogen-bond acceptors (Lipinski definition) is 4. The minimum Gasteiger partial charge on any atom is -0.268 e. The molecule has 1 aliphatic rings. The highest BCUT2D eigenvalue weighted by atomic mass is 32.2. The van der Waals surface area contributed by atoms with Crippen molar-refractivity contribution >= 4 is 23.5 Å². The lowest BCUT2D eigenvalue weighted by Crippen LogP contribution is -2.24. The number of aromatic nitrogens is 2. The third kappa shape index (κ3) is 2.97. The van der Waals surface area contributed by atoms with E-state index in [9.17, 15) is 4.79 Å². The van der Waals surface area contributed by atoms with Gasteiger partial charge in [0.15, 0.2) is 5.16 Å². The van der Waals surface area contributed by atoms with E-state index >= 15 is 0 Å². The molecule has 0 unspecified atom stereocenters. The molecule has 1 atom stereocenters. The Morgan fingerprint density at radius 2 is 2.09 bits per heavy atom. The third-order valence-electron chi connectivity index (χ3n) is 3.84. The largest absolute Gasteiger partial charge is 0.272 e. The lowest BCUT2D eigenvalue weighted by atomic mass is 10.2. The van der Waals surface area contributed by atoms with Gasteiger partial charge in [-0.05, 0) is 25.5 Å². The Hall–Kier alpha value is -1.20. The highest BCUT2D eigenvalue weighted by Crippen LogP contribution is 2.31. The zero-order valence-corrected chi connectivity index (χ0v) is 14.8. The molecule has 1 aromatic carbocycles. The number of aryl methyl sites for hydroxylation is 2. The normalized spacial score (nSPS) is 14.9. The molecule has 116 valence electrons.